The first-order valence-corrected chi connectivity index (χ1v) is 10.7. The number of nitrogens with two attached hydrogens (primary N) is 1. The predicted octanol–water partition coefficient (Wildman–Crippen LogP) is 5.08. The highest BCUT2D eigenvalue weighted by Crippen LogP contribution is 2.34. The number of rotatable bonds is 5. The predicted molar refractivity (Wildman–Crippen MR) is 124 cm³/mol. The van der Waals surface area contributed by atoms with Crippen LogP contribution in [0.2, 0.25) is 5.02 Å². The summed E-state index contributed by atoms with van der Waals surface area (Å²) in [6, 6.07) is 15.5. The van der Waals surface area contributed by atoms with Gasteiger partial charge in [-0.2, -0.15) is 4.98 Å². The largest absolute Gasteiger partial charge is 0.497 e. The lowest BCUT2D eigenvalue weighted by Crippen LogP contribution is -2.17. The molecule has 2 aromatic carbocycles. The molecule has 3 N–H and O–H groups in total. The number of ether oxygens (including phenoxy) is 1. The summed E-state index contributed by atoms with van der Waals surface area (Å²) in [5, 5.41) is 9.58. The number of anilines is 2. The third kappa shape index (κ3) is 3.77. The van der Waals surface area contributed by atoms with Crippen molar-refractivity contribution < 1.29 is 4.74 Å². The van der Waals surface area contributed by atoms with E-state index in [2.05, 4.69) is 5.32 Å². The fourth-order valence-corrected chi connectivity index (χ4v) is 4.19. The molecule has 0 bridgehead atoms. The van der Waals surface area contributed by atoms with E-state index in [4.69, 9.17) is 37.1 Å². The van der Waals surface area contributed by atoms with Gasteiger partial charge in [-0.15, -0.1) is 5.10 Å². The van der Waals surface area contributed by atoms with E-state index in [1.807, 2.05) is 48.5 Å². The van der Waals surface area contributed by atoms with Crippen molar-refractivity contribution in [3.05, 3.63) is 53.6 Å². The second kappa shape index (κ2) is 8.07. The summed E-state index contributed by atoms with van der Waals surface area (Å²) in [5.41, 5.74) is 9.58. The number of methoxy groups -OCH3 is 1. The molecule has 1 saturated carbocycles. The maximum atomic E-state index is 6.57. The Morgan fingerprint density at radius 1 is 1.03 bits per heavy atom. The smallest absolute Gasteiger partial charge is 0.225 e. The van der Waals surface area contributed by atoms with Crippen molar-refractivity contribution in [2.45, 2.75) is 31.7 Å². The van der Waals surface area contributed by atoms with Crippen molar-refractivity contribution in [2.24, 2.45) is 0 Å². The van der Waals surface area contributed by atoms with Crippen LogP contribution in [-0.2, 0) is 0 Å². The summed E-state index contributed by atoms with van der Waals surface area (Å²) < 4.78 is 6.95. The molecule has 1 aliphatic carbocycles. The van der Waals surface area contributed by atoms with E-state index in [-0.39, 0.29) is 0 Å². The summed E-state index contributed by atoms with van der Waals surface area (Å²) in [7, 11) is 1.64. The zero-order valence-corrected chi connectivity index (χ0v) is 17.9. The molecule has 0 aliphatic heterocycles. The highest BCUT2D eigenvalue weighted by atomic mass is 35.5. The first-order valence-electron chi connectivity index (χ1n) is 10.4. The average Bonchev–Trinajstić information content (AvgIpc) is 3.42. The van der Waals surface area contributed by atoms with Gasteiger partial charge in [-0.25, -0.2) is 9.67 Å². The summed E-state index contributed by atoms with van der Waals surface area (Å²) in [6.07, 6.45) is 4.70. The van der Waals surface area contributed by atoms with Crippen molar-refractivity contribution in [2.75, 3.05) is 18.2 Å². The maximum Gasteiger partial charge on any atom is 0.225 e. The minimum absolute atomic E-state index is 0.386. The molecule has 158 valence electrons. The Morgan fingerprint density at radius 2 is 1.74 bits per heavy atom. The molecule has 0 amide bonds. The van der Waals surface area contributed by atoms with Gasteiger partial charge in [0.2, 0.25) is 5.95 Å². The van der Waals surface area contributed by atoms with Gasteiger partial charge in [0.25, 0.3) is 0 Å². The van der Waals surface area contributed by atoms with E-state index in [1.165, 1.54) is 12.8 Å². The second-order valence-corrected chi connectivity index (χ2v) is 8.16. The SMILES string of the molecule is COc1ccc(-n2nc3nc(NC4CCCC4)nc(-c4ccc(Cl)cc4)c3c2N)cc1. The Balaban J connectivity index is 1.66. The van der Waals surface area contributed by atoms with E-state index in [0.29, 0.717) is 28.5 Å². The number of nitrogen functional groups attached to an aromatic ring is 1. The van der Waals surface area contributed by atoms with Crippen LogP contribution in [0.1, 0.15) is 25.7 Å². The van der Waals surface area contributed by atoms with E-state index >= 15 is 0 Å². The van der Waals surface area contributed by atoms with Crippen molar-refractivity contribution in [3.63, 3.8) is 0 Å². The molecule has 0 atom stereocenters. The van der Waals surface area contributed by atoms with Crippen molar-refractivity contribution >= 4 is 34.4 Å². The molecule has 0 spiro atoms. The van der Waals surface area contributed by atoms with Gasteiger partial charge in [-0.3, -0.25) is 0 Å². The number of nitrogens with zero attached hydrogens (tertiary/aromatic N) is 4. The van der Waals surface area contributed by atoms with Crippen LogP contribution in [0.4, 0.5) is 11.8 Å². The van der Waals surface area contributed by atoms with Crippen LogP contribution in [0.5, 0.6) is 5.75 Å². The van der Waals surface area contributed by atoms with Crippen molar-refractivity contribution in [1.82, 2.24) is 19.7 Å². The Bertz CT molecular complexity index is 1210. The van der Waals surface area contributed by atoms with Crippen molar-refractivity contribution in [3.8, 4) is 22.7 Å². The normalized spacial score (nSPS) is 14.3. The maximum absolute atomic E-state index is 6.57. The Kier molecular flexibility index (Phi) is 5.11. The lowest BCUT2D eigenvalue weighted by Gasteiger charge is -2.13. The highest BCUT2D eigenvalue weighted by Gasteiger charge is 2.21. The summed E-state index contributed by atoms with van der Waals surface area (Å²) in [5.74, 6) is 1.82. The molecule has 7 nitrogen and oxygen atoms in total. The van der Waals surface area contributed by atoms with Crippen molar-refractivity contribution in [1.29, 1.82) is 0 Å². The van der Waals surface area contributed by atoms with Gasteiger partial charge in [0.1, 0.15) is 11.6 Å². The van der Waals surface area contributed by atoms with Crippen LogP contribution in [0.15, 0.2) is 48.5 Å². The van der Waals surface area contributed by atoms with Crippen LogP contribution in [0.25, 0.3) is 28.0 Å². The molecule has 0 radical (unpaired) electrons. The Labute approximate surface area is 185 Å². The summed E-state index contributed by atoms with van der Waals surface area (Å²) in [6.45, 7) is 0. The Hall–Kier alpha value is -3.32. The van der Waals surface area contributed by atoms with Crippen LogP contribution in [0.3, 0.4) is 0 Å². The van der Waals surface area contributed by atoms with Crippen LogP contribution < -0.4 is 15.8 Å². The number of hydrogen-bond donors (Lipinski definition) is 2. The zero-order valence-electron chi connectivity index (χ0n) is 17.2. The van der Waals surface area contributed by atoms with E-state index < -0.39 is 0 Å². The zero-order chi connectivity index (χ0) is 21.4. The third-order valence-corrected chi connectivity index (χ3v) is 5.94. The molecule has 0 saturated heterocycles. The van der Waals surface area contributed by atoms with Crippen LogP contribution >= 0.6 is 11.6 Å². The molecule has 31 heavy (non-hydrogen) atoms. The van der Waals surface area contributed by atoms with Gasteiger partial charge in [0.15, 0.2) is 5.65 Å². The lowest BCUT2D eigenvalue weighted by atomic mass is 10.1. The molecular weight excluding hydrogens is 412 g/mol. The summed E-state index contributed by atoms with van der Waals surface area (Å²) >= 11 is 6.11. The van der Waals surface area contributed by atoms with Gasteiger partial charge in [-0.05, 0) is 49.2 Å². The van der Waals surface area contributed by atoms with Gasteiger partial charge in [-0.1, -0.05) is 36.6 Å². The third-order valence-electron chi connectivity index (χ3n) is 5.69. The van der Waals surface area contributed by atoms with E-state index in [1.54, 1.807) is 11.8 Å². The first-order chi connectivity index (χ1) is 15.1. The number of benzene rings is 2. The molecular formula is C23H23ClN6O. The second-order valence-electron chi connectivity index (χ2n) is 7.72. The topological polar surface area (TPSA) is 90.9 Å². The molecule has 2 aromatic heterocycles. The number of nitrogens with one attached hydrogen (secondary N) is 1. The minimum Gasteiger partial charge on any atom is -0.497 e. The first kappa shape index (κ1) is 19.6. The van der Waals surface area contributed by atoms with Gasteiger partial charge < -0.3 is 15.8 Å². The number of hydrogen-bond acceptors (Lipinski definition) is 6. The molecule has 2 heterocycles. The van der Waals surface area contributed by atoms with Crippen LogP contribution in [-0.4, -0.2) is 32.9 Å². The van der Waals surface area contributed by atoms with E-state index in [0.717, 1.165) is 40.9 Å². The quantitative estimate of drug-likeness (QED) is 0.455. The molecule has 4 aromatic rings. The van der Waals surface area contributed by atoms with E-state index in [9.17, 15) is 0 Å². The Morgan fingerprint density at radius 3 is 2.42 bits per heavy atom. The number of aromatic nitrogens is 4. The standard InChI is InChI=1S/C23H23ClN6O/c1-31-18-12-10-17(11-13-18)30-21(25)19-20(14-6-8-15(24)9-7-14)27-23(28-22(19)29-30)26-16-4-2-3-5-16/h6-13,16H,2-5,25H2,1H3,(H,26,28,29). The number of halogens is 1. The minimum atomic E-state index is 0.386. The van der Waals surface area contributed by atoms with Crippen LogP contribution in [0, 0.1) is 0 Å². The molecule has 8 heteroatoms. The average molecular weight is 435 g/mol. The number of fused-ring (bicyclic) bond motifs is 1. The monoisotopic (exact) mass is 434 g/mol. The van der Waals surface area contributed by atoms with Gasteiger partial charge in [0.05, 0.1) is 23.9 Å². The van der Waals surface area contributed by atoms with Gasteiger partial charge in [0, 0.05) is 16.6 Å². The van der Waals surface area contributed by atoms with Gasteiger partial charge >= 0.3 is 0 Å². The lowest BCUT2D eigenvalue weighted by molar-refractivity contribution is 0.414. The highest BCUT2D eigenvalue weighted by molar-refractivity contribution is 6.30. The summed E-state index contributed by atoms with van der Waals surface area (Å²) in [4.78, 5) is 9.54. The fourth-order valence-electron chi connectivity index (χ4n) is 4.07. The fraction of sp³-hybridized carbons (Fsp3) is 0.261. The molecule has 0 unspecified atom stereocenters. The molecule has 1 aliphatic rings. The molecule has 5 rings (SSSR count). The molecule has 1 fully saturated rings.